The minimum absolute atomic E-state index is 0.0207. The number of aromatic nitrogens is 2. The number of anilines is 1. The van der Waals surface area contributed by atoms with E-state index in [1.807, 2.05) is 37.3 Å². The summed E-state index contributed by atoms with van der Waals surface area (Å²) >= 11 is 1.74. The van der Waals surface area contributed by atoms with Gasteiger partial charge in [-0.05, 0) is 56.0 Å². The monoisotopic (exact) mass is 325 g/mol. The Morgan fingerprint density at radius 3 is 2.91 bits per heavy atom. The van der Waals surface area contributed by atoms with Gasteiger partial charge in [-0.2, -0.15) is 0 Å². The second-order valence-corrected chi connectivity index (χ2v) is 6.66. The largest absolute Gasteiger partial charge is 0.311 e. The summed E-state index contributed by atoms with van der Waals surface area (Å²) < 4.78 is 1.23. The van der Waals surface area contributed by atoms with Gasteiger partial charge in [0.1, 0.15) is 5.82 Å². The van der Waals surface area contributed by atoms with Crippen LogP contribution in [0.5, 0.6) is 0 Å². The number of thiazole rings is 1. The molecule has 2 heterocycles. The molecule has 5 heteroatoms. The zero-order chi connectivity index (χ0) is 16.1. The van der Waals surface area contributed by atoms with Gasteiger partial charge < -0.3 is 5.32 Å². The molecule has 0 radical (unpaired) electrons. The molecule has 0 aliphatic rings. The third kappa shape index (κ3) is 4.36. The Balaban J connectivity index is 1.43. The lowest BCUT2D eigenvalue weighted by Gasteiger charge is -2.04. The summed E-state index contributed by atoms with van der Waals surface area (Å²) in [5.41, 5.74) is 2.15. The number of hydrogen-bond donors (Lipinski definition) is 1. The highest BCUT2D eigenvalue weighted by Gasteiger charge is 2.06. The number of pyridine rings is 1. The minimum Gasteiger partial charge on any atom is -0.311 e. The molecule has 0 saturated heterocycles. The smallest absolute Gasteiger partial charge is 0.225 e. The van der Waals surface area contributed by atoms with E-state index in [0.717, 1.165) is 35.4 Å². The van der Waals surface area contributed by atoms with Crippen molar-refractivity contribution < 1.29 is 4.79 Å². The topological polar surface area (TPSA) is 54.9 Å². The number of aryl methyl sites for hydroxylation is 2. The lowest BCUT2D eigenvalue weighted by atomic mass is 10.2. The van der Waals surface area contributed by atoms with Gasteiger partial charge in [0.05, 0.1) is 15.2 Å². The van der Waals surface area contributed by atoms with E-state index >= 15 is 0 Å². The van der Waals surface area contributed by atoms with Gasteiger partial charge in [-0.25, -0.2) is 9.97 Å². The number of carbonyl (C=O) groups excluding carboxylic acids is 1. The first-order valence-corrected chi connectivity index (χ1v) is 8.59. The maximum absolute atomic E-state index is 11.9. The van der Waals surface area contributed by atoms with E-state index in [-0.39, 0.29) is 5.91 Å². The fourth-order valence-corrected chi connectivity index (χ4v) is 3.41. The highest BCUT2D eigenvalue weighted by Crippen LogP contribution is 2.22. The van der Waals surface area contributed by atoms with Gasteiger partial charge in [0, 0.05) is 12.6 Å². The SMILES string of the molecule is Cc1ccnc(NC(=O)CCCCc2nc3ccccc3s2)c1. The van der Waals surface area contributed by atoms with Gasteiger partial charge in [0.15, 0.2) is 0 Å². The molecule has 1 aromatic carbocycles. The number of nitrogens with one attached hydrogen (secondary N) is 1. The third-order valence-electron chi connectivity index (χ3n) is 3.57. The number of nitrogens with zero attached hydrogens (tertiary/aromatic N) is 2. The number of benzene rings is 1. The van der Waals surface area contributed by atoms with Gasteiger partial charge in [-0.3, -0.25) is 4.79 Å². The zero-order valence-electron chi connectivity index (χ0n) is 13.1. The van der Waals surface area contributed by atoms with Crippen molar-refractivity contribution in [3.8, 4) is 0 Å². The maximum atomic E-state index is 11.9. The Hall–Kier alpha value is -2.27. The molecule has 0 spiro atoms. The van der Waals surface area contributed by atoms with E-state index < -0.39 is 0 Å². The van der Waals surface area contributed by atoms with Crippen LogP contribution < -0.4 is 5.32 Å². The Labute approximate surface area is 139 Å². The summed E-state index contributed by atoms with van der Waals surface area (Å²) in [6.07, 6.45) is 4.97. The van der Waals surface area contributed by atoms with E-state index in [0.29, 0.717) is 12.2 Å². The standard InChI is InChI=1S/C18H19N3OS/c1-13-10-11-19-16(12-13)21-17(22)8-4-5-9-18-20-14-6-2-3-7-15(14)23-18/h2-3,6-7,10-12H,4-5,8-9H2,1H3,(H,19,21,22). The first kappa shape index (κ1) is 15.6. The number of amides is 1. The Morgan fingerprint density at radius 1 is 1.22 bits per heavy atom. The third-order valence-corrected chi connectivity index (χ3v) is 4.66. The van der Waals surface area contributed by atoms with Gasteiger partial charge in [-0.15, -0.1) is 11.3 Å². The average Bonchev–Trinajstić information content (AvgIpc) is 2.94. The summed E-state index contributed by atoms with van der Waals surface area (Å²) in [6, 6.07) is 12.0. The molecule has 0 aliphatic carbocycles. The van der Waals surface area contributed by atoms with E-state index in [4.69, 9.17) is 0 Å². The molecule has 0 aliphatic heterocycles. The molecule has 1 amide bonds. The van der Waals surface area contributed by atoms with Crippen molar-refractivity contribution in [1.82, 2.24) is 9.97 Å². The van der Waals surface area contributed by atoms with E-state index in [2.05, 4.69) is 21.4 Å². The van der Waals surface area contributed by atoms with Crippen LogP contribution in [0.1, 0.15) is 29.8 Å². The average molecular weight is 325 g/mol. The highest BCUT2D eigenvalue weighted by atomic mass is 32.1. The lowest BCUT2D eigenvalue weighted by molar-refractivity contribution is -0.116. The maximum Gasteiger partial charge on any atom is 0.225 e. The molecule has 0 unspecified atom stereocenters. The van der Waals surface area contributed by atoms with Gasteiger partial charge in [-0.1, -0.05) is 12.1 Å². The molecule has 0 saturated carbocycles. The van der Waals surface area contributed by atoms with E-state index in [9.17, 15) is 4.79 Å². The Bertz CT molecular complexity index is 780. The van der Waals surface area contributed by atoms with Crippen molar-refractivity contribution in [1.29, 1.82) is 0 Å². The minimum atomic E-state index is 0.0207. The molecule has 0 bridgehead atoms. The van der Waals surface area contributed by atoms with Gasteiger partial charge in [0.2, 0.25) is 5.91 Å². The van der Waals surface area contributed by atoms with Crippen molar-refractivity contribution in [3.05, 3.63) is 53.2 Å². The fraction of sp³-hybridized carbons (Fsp3) is 0.278. The van der Waals surface area contributed by atoms with Crippen LogP contribution >= 0.6 is 11.3 Å². The van der Waals surface area contributed by atoms with Crippen LogP contribution in [0.15, 0.2) is 42.6 Å². The number of rotatable bonds is 6. The van der Waals surface area contributed by atoms with Crippen LogP contribution in [-0.2, 0) is 11.2 Å². The quantitative estimate of drug-likeness (QED) is 0.685. The zero-order valence-corrected chi connectivity index (χ0v) is 13.9. The van der Waals surface area contributed by atoms with Crippen LogP contribution in [0.2, 0.25) is 0 Å². The Morgan fingerprint density at radius 2 is 2.09 bits per heavy atom. The van der Waals surface area contributed by atoms with E-state index in [1.54, 1.807) is 17.5 Å². The van der Waals surface area contributed by atoms with Crippen molar-refractivity contribution in [3.63, 3.8) is 0 Å². The molecule has 0 fully saturated rings. The second kappa shape index (κ2) is 7.33. The van der Waals surface area contributed by atoms with Crippen molar-refractivity contribution in [2.24, 2.45) is 0 Å². The summed E-state index contributed by atoms with van der Waals surface area (Å²) in [4.78, 5) is 20.7. The lowest BCUT2D eigenvalue weighted by Crippen LogP contribution is -2.12. The summed E-state index contributed by atoms with van der Waals surface area (Å²) in [7, 11) is 0. The highest BCUT2D eigenvalue weighted by molar-refractivity contribution is 7.18. The van der Waals surface area contributed by atoms with Crippen LogP contribution in [0.25, 0.3) is 10.2 Å². The molecule has 3 aromatic rings. The first-order valence-electron chi connectivity index (χ1n) is 7.78. The first-order chi connectivity index (χ1) is 11.2. The fourth-order valence-electron chi connectivity index (χ4n) is 2.40. The predicted molar refractivity (Wildman–Crippen MR) is 94.8 cm³/mol. The molecule has 0 atom stereocenters. The van der Waals surface area contributed by atoms with E-state index in [1.165, 1.54) is 4.70 Å². The van der Waals surface area contributed by atoms with Gasteiger partial charge >= 0.3 is 0 Å². The van der Waals surface area contributed by atoms with Gasteiger partial charge in [0.25, 0.3) is 0 Å². The summed E-state index contributed by atoms with van der Waals surface area (Å²) in [5.74, 6) is 0.647. The molecule has 2 aromatic heterocycles. The normalized spacial score (nSPS) is 10.8. The number of hydrogen-bond acceptors (Lipinski definition) is 4. The molecule has 118 valence electrons. The van der Waals surface area contributed by atoms with Crippen LogP contribution in [-0.4, -0.2) is 15.9 Å². The number of unbranched alkanes of at least 4 members (excludes halogenated alkanes) is 1. The number of carbonyl (C=O) groups is 1. The second-order valence-electron chi connectivity index (χ2n) is 5.55. The van der Waals surface area contributed by atoms with Crippen molar-refractivity contribution in [2.45, 2.75) is 32.6 Å². The predicted octanol–water partition coefficient (Wildman–Crippen LogP) is 4.35. The summed E-state index contributed by atoms with van der Waals surface area (Å²) in [6.45, 7) is 1.98. The van der Waals surface area contributed by atoms with Crippen molar-refractivity contribution >= 4 is 33.3 Å². The Kier molecular flexibility index (Phi) is 4.98. The van der Waals surface area contributed by atoms with Crippen molar-refractivity contribution in [2.75, 3.05) is 5.32 Å². The molecule has 23 heavy (non-hydrogen) atoms. The molecular formula is C18H19N3OS. The van der Waals surface area contributed by atoms with Crippen LogP contribution in [0.4, 0.5) is 5.82 Å². The molecule has 1 N–H and O–H groups in total. The molecule has 4 nitrogen and oxygen atoms in total. The van der Waals surface area contributed by atoms with Crippen LogP contribution in [0, 0.1) is 6.92 Å². The molecule has 3 rings (SSSR count). The number of para-hydroxylation sites is 1. The number of fused-ring (bicyclic) bond motifs is 1. The molecular weight excluding hydrogens is 306 g/mol. The summed E-state index contributed by atoms with van der Waals surface area (Å²) in [5, 5.41) is 3.99. The van der Waals surface area contributed by atoms with Crippen LogP contribution in [0.3, 0.4) is 0 Å².